The summed E-state index contributed by atoms with van der Waals surface area (Å²) in [4.78, 5) is 14.0. The normalized spacial score (nSPS) is 10.2. The van der Waals surface area contributed by atoms with E-state index in [1.54, 1.807) is 18.9 Å². The van der Waals surface area contributed by atoms with Crippen LogP contribution in [0.1, 0.15) is 15.2 Å². The summed E-state index contributed by atoms with van der Waals surface area (Å²) in [7, 11) is 1.58. The van der Waals surface area contributed by atoms with Gasteiger partial charge in [-0.3, -0.25) is 4.79 Å². The summed E-state index contributed by atoms with van der Waals surface area (Å²) in [6.45, 7) is 0. The van der Waals surface area contributed by atoms with Gasteiger partial charge in [0.2, 0.25) is 5.78 Å². The first kappa shape index (κ1) is 12.2. The van der Waals surface area contributed by atoms with Crippen LogP contribution in [-0.4, -0.2) is 19.1 Å². The zero-order chi connectivity index (χ0) is 12.3. The number of ketones is 1. The second-order valence-corrected chi connectivity index (χ2v) is 5.11. The highest BCUT2D eigenvalue weighted by Gasteiger charge is 2.18. The van der Waals surface area contributed by atoms with Gasteiger partial charge in [-0.1, -0.05) is 12.1 Å². The topological polar surface area (TPSA) is 26.3 Å². The number of thioether (sulfide) groups is 1. The number of benzene rings is 1. The minimum atomic E-state index is 0.0294. The van der Waals surface area contributed by atoms with E-state index in [0.29, 0.717) is 10.6 Å². The van der Waals surface area contributed by atoms with Crippen molar-refractivity contribution in [2.24, 2.45) is 0 Å². The van der Waals surface area contributed by atoms with Gasteiger partial charge in [-0.2, -0.15) is 0 Å². The summed E-state index contributed by atoms with van der Waals surface area (Å²) >= 11 is 2.99. The third kappa shape index (κ3) is 2.37. The molecule has 0 atom stereocenters. The zero-order valence-electron chi connectivity index (χ0n) is 9.60. The van der Waals surface area contributed by atoms with Gasteiger partial charge >= 0.3 is 0 Å². The molecule has 0 unspecified atom stereocenters. The maximum atomic E-state index is 12.4. The Bertz CT molecular complexity index is 532. The van der Waals surface area contributed by atoms with Crippen molar-refractivity contribution in [3.63, 3.8) is 0 Å². The summed E-state index contributed by atoms with van der Waals surface area (Å²) in [5.41, 5.74) is 0.737. The number of carbonyl (C=O) groups is 1. The van der Waals surface area contributed by atoms with Crippen molar-refractivity contribution in [2.75, 3.05) is 13.4 Å². The molecule has 0 N–H and O–H groups in total. The van der Waals surface area contributed by atoms with Crippen LogP contribution in [0.2, 0.25) is 0 Å². The van der Waals surface area contributed by atoms with E-state index in [4.69, 9.17) is 4.74 Å². The highest BCUT2D eigenvalue weighted by atomic mass is 32.2. The number of ether oxygens (including phenoxy) is 1. The molecule has 0 saturated heterocycles. The van der Waals surface area contributed by atoms with Crippen LogP contribution >= 0.6 is 23.1 Å². The van der Waals surface area contributed by atoms with Gasteiger partial charge in [0, 0.05) is 10.5 Å². The van der Waals surface area contributed by atoms with Crippen LogP contribution < -0.4 is 4.74 Å². The lowest BCUT2D eigenvalue weighted by Gasteiger charge is -2.06. The Hall–Kier alpha value is -1.26. The fourth-order valence-corrected chi connectivity index (χ4v) is 2.99. The van der Waals surface area contributed by atoms with Gasteiger partial charge < -0.3 is 4.74 Å². The third-order valence-electron chi connectivity index (χ3n) is 2.41. The SMILES string of the molecule is COc1ccsc1C(=O)c1ccccc1SC. The predicted octanol–water partition coefficient (Wildman–Crippen LogP) is 3.71. The van der Waals surface area contributed by atoms with E-state index in [1.807, 2.05) is 42.0 Å². The Morgan fingerprint density at radius 1 is 1.29 bits per heavy atom. The number of hydrogen-bond donors (Lipinski definition) is 0. The van der Waals surface area contributed by atoms with Gasteiger partial charge in [-0.05, 0) is 29.8 Å². The average Bonchev–Trinajstić information content (AvgIpc) is 2.86. The summed E-state index contributed by atoms with van der Waals surface area (Å²) < 4.78 is 5.18. The summed E-state index contributed by atoms with van der Waals surface area (Å²) in [5.74, 6) is 0.678. The highest BCUT2D eigenvalue weighted by Crippen LogP contribution is 2.30. The summed E-state index contributed by atoms with van der Waals surface area (Å²) in [6.07, 6.45) is 1.97. The van der Waals surface area contributed by atoms with Crippen molar-refractivity contribution in [3.05, 3.63) is 46.2 Å². The van der Waals surface area contributed by atoms with E-state index < -0.39 is 0 Å². The molecule has 88 valence electrons. The van der Waals surface area contributed by atoms with Gasteiger partial charge in [0.05, 0.1) is 7.11 Å². The highest BCUT2D eigenvalue weighted by molar-refractivity contribution is 7.98. The molecular formula is C13H12O2S2. The van der Waals surface area contributed by atoms with E-state index in [1.165, 1.54) is 11.3 Å². The number of carbonyl (C=O) groups excluding carboxylic acids is 1. The Labute approximate surface area is 109 Å². The largest absolute Gasteiger partial charge is 0.495 e. The van der Waals surface area contributed by atoms with Crippen molar-refractivity contribution < 1.29 is 9.53 Å². The van der Waals surface area contributed by atoms with Crippen molar-refractivity contribution in [1.82, 2.24) is 0 Å². The molecule has 4 heteroatoms. The molecule has 0 fully saturated rings. The standard InChI is InChI=1S/C13H12O2S2/c1-15-10-7-8-17-13(10)12(14)9-5-3-4-6-11(9)16-2/h3-8H,1-2H3. The van der Waals surface area contributed by atoms with Crippen LogP contribution in [-0.2, 0) is 0 Å². The fraction of sp³-hybridized carbons (Fsp3) is 0.154. The molecule has 0 aliphatic rings. The molecule has 0 radical (unpaired) electrons. The van der Waals surface area contributed by atoms with Crippen molar-refractivity contribution in [3.8, 4) is 5.75 Å². The molecule has 0 aliphatic carbocycles. The maximum Gasteiger partial charge on any atom is 0.207 e. The van der Waals surface area contributed by atoms with Crippen molar-refractivity contribution in [1.29, 1.82) is 0 Å². The average molecular weight is 264 g/mol. The fourth-order valence-electron chi connectivity index (χ4n) is 1.58. The van der Waals surface area contributed by atoms with Crippen LogP contribution in [0, 0.1) is 0 Å². The first-order valence-corrected chi connectivity index (χ1v) is 7.17. The predicted molar refractivity (Wildman–Crippen MR) is 72.5 cm³/mol. The molecule has 1 aromatic carbocycles. The van der Waals surface area contributed by atoms with Gasteiger partial charge in [-0.25, -0.2) is 0 Å². The monoisotopic (exact) mass is 264 g/mol. The Morgan fingerprint density at radius 2 is 2.06 bits per heavy atom. The lowest BCUT2D eigenvalue weighted by Crippen LogP contribution is -2.02. The lowest BCUT2D eigenvalue weighted by molar-refractivity contribution is 0.103. The third-order valence-corrected chi connectivity index (χ3v) is 4.10. The zero-order valence-corrected chi connectivity index (χ0v) is 11.2. The molecule has 2 nitrogen and oxygen atoms in total. The molecule has 0 spiro atoms. The molecule has 0 aliphatic heterocycles. The van der Waals surface area contributed by atoms with Crippen molar-refractivity contribution in [2.45, 2.75) is 4.90 Å². The van der Waals surface area contributed by atoms with E-state index in [-0.39, 0.29) is 5.78 Å². The molecule has 17 heavy (non-hydrogen) atoms. The quantitative estimate of drug-likeness (QED) is 0.622. The first-order valence-electron chi connectivity index (χ1n) is 5.07. The molecule has 2 rings (SSSR count). The van der Waals surface area contributed by atoms with Gasteiger partial charge in [0.15, 0.2) is 0 Å². The number of hydrogen-bond acceptors (Lipinski definition) is 4. The van der Waals surface area contributed by atoms with E-state index in [0.717, 1.165) is 10.5 Å². The van der Waals surface area contributed by atoms with Crippen LogP contribution in [0.5, 0.6) is 5.75 Å². The Kier molecular flexibility index (Phi) is 3.86. The minimum Gasteiger partial charge on any atom is -0.495 e. The summed E-state index contributed by atoms with van der Waals surface area (Å²) in [6, 6.07) is 9.45. The van der Waals surface area contributed by atoms with Crippen LogP contribution in [0.3, 0.4) is 0 Å². The molecule has 0 bridgehead atoms. The van der Waals surface area contributed by atoms with Gasteiger partial charge in [-0.15, -0.1) is 23.1 Å². The van der Waals surface area contributed by atoms with Crippen LogP contribution in [0.4, 0.5) is 0 Å². The lowest BCUT2D eigenvalue weighted by atomic mass is 10.1. The first-order chi connectivity index (χ1) is 8.27. The van der Waals surface area contributed by atoms with Crippen molar-refractivity contribution >= 4 is 28.9 Å². The second kappa shape index (κ2) is 5.38. The second-order valence-electron chi connectivity index (χ2n) is 3.35. The summed E-state index contributed by atoms with van der Waals surface area (Å²) in [5, 5.41) is 1.87. The van der Waals surface area contributed by atoms with E-state index in [2.05, 4.69) is 0 Å². The Morgan fingerprint density at radius 3 is 2.76 bits per heavy atom. The van der Waals surface area contributed by atoms with E-state index >= 15 is 0 Å². The number of methoxy groups -OCH3 is 1. The molecule has 0 amide bonds. The maximum absolute atomic E-state index is 12.4. The molecule has 2 aromatic rings. The van der Waals surface area contributed by atoms with Gasteiger partial charge in [0.25, 0.3) is 0 Å². The molecule has 1 aromatic heterocycles. The molecule has 0 saturated carbocycles. The van der Waals surface area contributed by atoms with E-state index in [9.17, 15) is 4.79 Å². The van der Waals surface area contributed by atoms with Crippen LogP contribution in [0.25, 0.3) is 0 Å². The smallest absolute Gasteiger partial charge is 0.207 e. The molecular weight excluding hydrogens is 252 g/mol. The number of thiophene rings is 1. The molecule has 1 heterocycles. The van der Waals surface area contributed by atoms with Crippen LogP contribution in [0.15, 0.2) is 40.6 Å². The minimum absolute atomic E-state index is 0.0294. The Balaban J connectivity index is 2.44. The number of rotatable bonds is 4. The van der Waals surface area contributed by atoms with Gasteiger partial charge in [0.1, 0.15) is 10.6 Å².